The highest BCUT2D eigenvalue weighted by Crippen LogP contribution is 2.43. The topological polar surface area (TPSA) is 48.9 Å². The molecule has 1 aromatic rings. The first-order chi connectivity index (χ1) is 12.1. The summed E-state index contributed by atoms with van der Waals surface area (Å²) in [6.45, 7) is 5.47. The van der Waals surface area contributed by atoms with Crippen molar-refractivity contribution < 1.29 is 4.74 Å². The lowest BCUT2D eigenvalue weighted by Gasteiger charge is -2.42. The van der Waals surface area contributed by atoms with E-state index in [2.05, 4.69) is 60.8 Å². The van der Waals surface area contributed by atoms with Gasteiger partial charge in [-0.25, -0.2) is 4.99 Å². The maximum atomic E-state index is 5.29. The van der Waals surface area contributed by atoms with Gasteiger partial charge in [0.2, 0.25) is 0 Å². The van der Waals surface area contributed by atoms with E-state index in [-0.39, 0.29) is 0 Å². The van der Waals surface area contributed by atoms with Crippen LogP contribution in [-0.4, -0.2) is 46.9 Å². The van der Waals surface area contributed by atoms with E-state index in [1.807, 2.05) is 0 Å². The fourth-order valence-electron chi connectivity index (χ4n) is 3.23. The van der Waals surface area contributed by atoms with Crippen molar-refractivity contribution in [3.8, 4) is 0 Å². The van der Waals surface area contributed by atoms with E-state index < -0.39 is 0 Å². The van der Waals surface area contributed by atoms with Gasteiger partial charge in [-0.2, -0.15) is 0 Å². The van der Waals surface area contributed by atoms with Gasteiger partial charge in [0.25, 0.3) is 0 Å². The lowest BCUT2D eigenvalue weighted by Crippen LogP contribution is -2.46. The van der Waals surface area contributed by atoms with E-state index in [1.165, 1.54) is 30.5 Å². The Morgan fingerprint density at radius 1 is 1.28 bits per heavy atom. The Hall–Kier alpha value is -1.75. The van der Waals surface area contributed by atoms with E-state index in [0.717, 1.165) is 32.1 Å². The third-order valence-corrected chi connectivity index (χ3v) is 5.07. The summed E-state index contributed by atoms with van der Waals surface area (Å²) in [5.74, 6) is 0.904. The molecule has 0 spiro atoms. The molecule has 0 aliphatic heterocycles. The minimum atomic E-state index is 0.386. The molecule has 2 N–H and O–H groups in total. The smallest absolute Gasteiger partial charge is 0.191 e. The molecule has 0 atom stereocenters. The van der Waals surface area contributed by atoms with Crippen molar-refractivity contribution in [2.75, 3.05) is 45.8 Å². The second kappa shape index (κ2) is 9.66. The summed E-state index contributed by atoms with van der Waals surface area (Å²) in [5, 5.41) is 6.92. The predicted molar refractivity (Wildman–Crippen MR) is 106 cm³/mol. The fourth-order valence-corrected chi connectivity index (χ4v) is 3.23. The Balaban J connectivity index is 1.95. The summed E-state index contributed by atoms with van der Waals surface area (Å²) in [7, 11) is 5.91. The molecule has 0 aromatic heterocycles. The van der Waals surface area contributed by atoms with Crippen LogP contribution in [0.25, 0.3) is 0 Å². The number of nitrogens with zero attached hydrogens (tertiary/aromatic N) is 2. The van der Waals surface area contributed by atoms with E-state index in [0.29, 0.717) is 12.0 Å². The zero-order valence-electron chi connectivity index (χ0n) is 16.3. The fraction of sp³-hybridized carbons (Fsp3) is 0.650. The van der Waals surface area contributed by atoms with Crippen molar-refractivity contribution in [3.63, 3.8) is 0 Å². The monoisotopic (exact) mass is 346 g/mol. The molecule has 140 valence electrons. The second-order valence-electron chi connectivity index (χ2n) is 7.21. The predicted octanol–water partition coefficient (Wildman–Crippen LogP) is 3.01. The maximum absolute atomic E-state index is 5.29. The Labute approximate surface area is 152 Å². The van der Waals surface area contributed by atoms with Crippen molar-refractivity contribution >= 4 is 11.6 Å². The first-order valence-electron chi connectivity index (χ1n) is 9.36. The van der Waals surface area contributed by atoms with E-state index >= 15 is 0 Å². The quantitative estimate of drug-likeness (QED) is 0.533. The summed E-state index contributed by atoms with van der Waals surface area (Å²) in [4.78, 5) is 6.89. The molecule has 1 aromatic carbocycles. The number of methoxy groups -OCH3 is 1. The summed E-state index contributed by atoms with van der Waals surface area (Å²) < 4.78 is 5.29. The number of nitrogens with one attached hydrogen (secondary N) is 2. The third kappa shape index (κ3) is 5.92. The van der Waals surface area contributed by atoms with Crippen LogP contribution in [0.5, 0.6) is 0 Å². The highest BCUT2D eigenvalue weighted by Gasteiger charge is 2.36. The Morgan fingerprint density at radius 2 is 2.08 bits per heavy atom. The number of rotatable bonds is 9. The number of hydrogen-bond acceptors (Lipinski definition) is 3. The zero-order chi connectivity index (χ0) is 18.1. The molecule has 0 radical (unpaired) electrons. The number of ether oxygens (including phenoxy) is 1. The van der Waals surface area contributed by atoms with Crippen molar-refractivity contribution in [1.29, 1.82) is 0 Å². The van der Waals surface area contributed by atoms with Gasteiger partial charge in [0, 0.05) is 46.6 Å². The van der Waals surface area contributed by atoms with Gasteiger partial charge in [-0.1, -0.05) is 18.6 Å². The Bertz CT molecular complexity index is 552. The summed E-state index contributed by atoms with van der Waals surface area (Å²) in [6.07, 6.45) is 5.03. The number of guanidine groups is 1. The van der Waals surface area contributed by atoms with Crippen molar-refractivity contribution in [2.24, 2.45) is 10.4 Å². The maximum Gasteiger partial charge on any atom is 0.191 e. The first-order valence-corrected chi connectivity index (χ1v) is 9.36. The number of hydrogen-bond donors (Lipinski definition) is 2. The van der Waals surface area contributed by atoms with Gasteiger partial charge < -0.3 is 20.3 Å². The van der Waals surface area contributed by atoms with Crippen LogP contribution >= 0.6 is 0 Å². The van der Waals surface area contributed by atoms with Crippen molar-refractivity contribution in [3.05, 3.63) is 29.8 Å². The van der Waals surface area contributed by atoms with Gasteiger partial charge in [0.15, 0.2) is 5.96 Å². The van der Waals surface area contributed by atoms with E-state index in [9.17, 15) is 0 Å². The van der Waals surface area contributed by atoms with E-state index in [4.69, 9.17) is 9.73 Å². The lowest BCUT2D eigenvalue weighted by molar-refractivity contribution is 0.0732. The van der Waals surface area contributed by atoms with Gasteiger partial charge >= 0.3 is 0 Å². The largest absolute Gasteiger partial charge is 0.385 e. The van der Waals surface area contributed by atoms with Crippen LogP contribution in [0.2, 0.25) is 0 Å². The molecule has 0 amide bonds. The summed E-state index contributed by atoms with van der Waals surface area (Å²) >= 11 is 0. The minimum absolute atomic E-state index is 0.386. The van der Waals surface area contributed by atoms with Gasteiger partial charge in [-0.3, -0.25) is 0 Å². The molecule has 1 aliphatic carbocycles. The molecule has 0 heterocycles. The van der Waals surface area contributed by atoms with Gasteiger partial charge in [0.05, 0.1) is 6.54 Å². The average molecular weight is 347 g/mol. The molecular weight excluding hydrogens is 312 g/mol. The molecule has 5 nitrogen and oxygen atoms in total. The summed E-state index contributed by atoms with van der Waals surface area (Å²) in [6, 6.07) is 8.53. The number of benzene rings is 1. The summed E-state index contributed by atoms with van der Waals surface area (Å²) in [5.41, 5.74) is 2.82. The van der Waals surface area contributed by atoms with Crippen LogP contribution in [0.1, 0.15) is 38.2 Å². The molecule has 0 unspecified atom stereocenters. The minimum Gasteiger partial charge on any atom is -0.385 e. The van der Waals surface area contributed by atoms with Crippen LogP contribution in [-0.2, 0) is 11.3 Å². The van der Waals surface area contributed by atoms with Crippen LogP contribution in [0.4, 0.5) is 5.69 Å². The van der Waals surface area contributed by atoms with Crippen molar-refractivity contribution in [2.45, 2.75) is 39.2 Å². The number of anilines is 1. The third-order valence-electron chi connectivity index (χ3n) is 5.07. The standard InChI is InChI=1S/C20H34N4O/c1-5-21-19(23-16-20(10-7-11-20)12-13-25-4)22-15-17-8-6-9-18(14-17)24(2)3/h6,8-9,14H,5,7,10-13,15-16H2,1-4H3,(H2,21,22,23). The number of aliphatic imine (C=N–C) groups is 1. The second-order valence-corrected chi connectivity index (χ2v) is 7.21. The molecule has 1 aliphatic rings. The van der Waals surface area contributed by atoms with Crippen LogP contribution in [0.3, 0.4) is 0 Å². The van der Waals surface area contributed by atoms with Gasteiger partial charge in [-0.05, 0) is 49.3 Å². The SMILES string of the molecule is CCNC(=NCc1cccc(N(C)C)c1)NCC1(CCOC)CCC1. The normalized spacial score (nSPS) is 16.2. The van der Waals surface area contributed by atoms with Crippen molar-refractivity contribution in [1.82, 2.24) is 10.6 Å². The van der Waals surface area contributed by atoms with Crippen LogP contribution in [0, 0.1) is 5.41 Å². The highest BCUT2D eigenvalue weighted by molar-refractivity contribution is 5.79. The molecule has 1 saturated carbocycles. The van der Waals surface area contributed by atoms with Crippen LogP contribution in [0.15, 0.2) is 29.3 Å². The van der Waals surface area contributed by atoms with E-state index in [1.54, 1.807) is 7.11 Å². The molecule has 0 saturated heterocycles. The van der Waals surface area contributed by atoms with Gasteiger partial charge in [-0.15, -0.1) is 0 Å². The lowest BCUT2D eigenvalue weighted by atomic mass is 9.67. The molecule has 0 bridgehead atoms. The molecular formula is C20H34N4O. The average Bonchev–Trinajstić information content (AvgIpc) is 2.58. The van der Waals surface area contributed by atoms with Gasteiger partial charge in [0.1, 0.15) is 0 Å². The molecule has 25 heavy (non-hydrogen) atoms. The molecule has 1 fully saturated rings. The molecule has 5 heteroatoms. The highest BCUT2D eigenvalue weighted by atomic mass is 16.5. The van der Waals surface area contributed by atoms with Crippen LogP contribution < -0.4 is 15.5 Å². The molecule has 2 rings (SSSR count). The first kappa shape index (κ1) is 19.6. The Morgan fingerprint density at radius 3 is 2.68 bits per heavy atom. The Kier molecular flexibility index (Phi) is 7.56. The zero-order valence-corrected chi connectivity index (χ0v) is 16.3.